The summed E-state index contributed by atoms with van der Waals surface area (Å²) in [6.45, 7) is 2.29. The van der Waals surface area contributed by atoms with Crippen LogP contribution in [0.25, 0.3) is 10.9 Å². The van der Waals surface area contributed by atoms with Gasteiger partial charge in [0.15, 0.2) is 0 Å². The van der Waals surface area contributed by atoms with E-state index in [0.717, 1.165) is 47.9 Å². The van der Waals surface area contributed by atoms with Gasteiger partial charge in [-0.2, -0.15) is 0 Å². The molecule has 0 aliphatic carbocycles. The van der Waals surface area contributed by atoms with Crippen molar-refractivity contribution in [3.05, 3.63) is 36.0 Å². The Labute approximate surface area is 249 Å². The Balaban J connectivity index is 2.24. The Kier molecular flexibility index (Phi) is 14.0. The molecule has 1 aromatic heterocycles. The maximum atomic E-state index is 13.6. The lowest BCUT2D eigenvalue weighted by Gasteiger charge is -2.29. The summed E-state index contributed by atoms with van der Waals surface area (Å²) in [7, 11) is 1.39. The maximum Gasteiger partial charge on any atom is 0.410 e. The van der Waals surface area contributed by atoms with Crippen LogP contribution >= 0.6 is 0 Å². The molecule has 0 saturated carbocycles. The standard InChI is InChI=1S/C29H42N6O8/c1-3-4-5-6-7-10-13-43-29(42)35(2)23(14-18-17-32-20-12-9-8-11-19(18)20)28(41)34-22(15-24(30)36)27(40)33-21(26(31)39)16-25(37)38/h8-9,11-12,17,21-23,32H,3-7,10,13-16H2,1-2H3,(H2,30,36)(H2,31,39)(H,33,40)(H,34,41)(H,37,38). The number of para-hydroxylation sites is 1. The van der Waals surface area contributed by atoms with E-state index in [0.29, 0.717) is 12.0 Å². The average molecular weight is 603 g/mol. The molecule has 0 fully saturated rings. The molecule has 1 aromatic carbocycles. The number of carboxylic acid groups (broad SMARTS) is 1. The number of benzene rings is 1. The Morgan fingerprint density at radius 3 is 2.23 bits per heavy atom. The van der Waals surface area contributed by atoms with Gasteiger partial charge in [-0.1, -0.05) is 57.2 Å². The highest BCUT2D eigenvalue weighted by atomic mass is 16.6. The summed E-state index contributed by atoms with van der Waals surface area (Å²) in [5, 5.41) is 14.4. The average Bonchev–Trinajstić information content (AvgIpc) is 3.36. The van der Waals surface area contributed by atoms with Gasteiger partial charge in [0.05, 0.1) is 19.4 Å². The summed E-state index contributed by atoms with van der Waals surface area (Å²) >= 11 is 0. The predicted octanol–water partition coefficient (Wildman–Crippen LogP) is 1.31. The van der Waals surface area contributed by atoms with Crippen molar-refractivity contribution >= 4 is 46.6 Å². The van der Waals surface area contributed by atoms with Gasteiger partial charge in [0.25, 0.3) is 0 Å². The lowest BCUT2D eigenvalue weighted by Crippen LogP contribution is -2.58. The third-order valence-corrected chi connectivity index (χ3v) is 6.95. The molecular weight excluding hydrogens is 560 g/mol. The van der Waals surface area contributed by atoms with Gasteiger partial charge in [0.1, 0.15) is 18.1 Å². The van der Waals surface area contributed by atoms with Gasteiger partial charge >= 0.3 is 12.1 Å². The first-order valence-corrected chi connectivity index (χ1v) is 14.3. The SMILES string of the molecule is CCCCCCCCOC(=O)N(C)C(Cc1c[nH]c2ccccc12)C(=O)NC(CC(N)=O)C(=O)NC(CC(=O)O)C(N)=O. The number of primary amides is 2. The molecule has 0 aliphatic heterocycles. The van der Waals surface area contributed by atoms with E-state index in [1.807, 2.05) is 24.3 Å². The van der Waals surface area contributed by atoms with Crippen LogP contribution in [0, 0.1) is 0 Å². The zero-order chi connectivity index (χ0) is 31.9. The summed E-state index contributed by atoms with van der Waals surface area (Å²) < 4.78 is 5.42. The second kappa shape index (κ2) is 17.4. The fraction of sp³-hybridized carbons (Fsp3) is 0.517. The molecule has 2 aromatic rings. The minimum Gasteiger partial charge on any atom is -0.481 e. The van der Waals surface area contributed by atoms with Crippen LogP contribution in [-0.4, -0.2) is 82.5 Å². The molecule has 43 heavy (non-hydrogen) atoms. The number of ether oxygens (including phenoxy) is 1. The number of nitrogens with two attached hydrogens (primary N) is 2. The van der Waals surface area contributed by atoms with Crippen LogP contribution in [0.5, 0.6) is 0 Å². The molecule has 0 radical (unpaired) electrons. The summed E-state index contributed by atoms with van der Waals surface area (Å²) in [5.74, 6) is -5.32. The van der Waals surface area contributed by atoms with E-state index in [9.17, 15) is 28.8 Å². The maximum absolute atomic E-state index is 13.6. The number of rotatable bonds is 19. The number of aromatic nitrogens is 1. The van der Waals surface area contributed by atoms with Crippen LogP contribution in [0.15, 0.2) is 30.5 Å². The number of amides is 5. The molecular formula is C29H42N6O8. The molecule has 0 aliphatic rings. The Morgan fingerprint density at radius 2 is 1.58 bits per heavy atom. The van der Waals surface area contributed by atoms with Crippen LogP contribution in [0.3, 0.4) is 0 Å². The number of carbonyl (C=O) groups excluding carboxylic acids is 5. The van der Waals surface area contributed by atoms with Crippen molar-refractivity contribution in [2.45, 2.75) is 82.8 Å². The largest absolute Gasteiger partial charge is 0.481 e. The fourth-order valence-corrected chi connectivity index (χ4v) is 4.53. The Hall–Kier alpha value is -4.62. The number of hydrogen-bond acceptors (Lipinski definition) is 7. The topological polar surface area (TPSA) is 227 Å². The van der Waals surface area contributed by atoms with Crippen LogP contribution in [0.1, 0.15) is 63.9 Å². The first-order valence-electron chi connectivity index (χ1n) is 14.3. The van der Waals surface area contributed by atoms with Crippen molar-refractivity contribution in [1.29, 1.82) is 0 Å². The molecule has 2 rings (SSSR count). The van der Waals surface area contributed by atoms with E-state index < -0.39 is 66.7 Å². The summed E-state index contributed by atoms with van der Waals surface area (Å²) in [6, 6.07) is 3.00. The van der Waals surface area contributed by atoms with Crippen LogP contribution in [0.2, 0.25) is 0 Å². The van der Waals surface area contributed by atoms with E-state index >= 15 is 0 Å². The van der Waals surface area contributed by atoms with Gasteiger partial charge in [0, 0.05) is 30.6 Å². The number of carbonyl (C=O) groups is 6. The zero-order valence-electron chi connectivity index (χ0n) is 24.6. The van der Waals surface area contributed by atoms with Gasteiger partial charge in [-0.15, -0.1) is 0 Å². The number of carboxylic acids is 1. The third kappa shape index (κ3) is 11.3. The quantitative estimate of drug-likeness (QED) is 0.128. The molecule has 0 saturated heterocycles. The monoisotopic (exact) mass is 602 g/mol. The van der Waals surface area contributed by atoms with Gasteiger partial charge < -0.3 is 36.9 Å². The number of likely N-dealkylation sites (N-methyl/N-ethyl adjacent to an activating group) is 1. The number of aliphatic carboxylic acids is 1. The number of hydrogen-bond donors (Lipinski definition) is 6. The van der Waals surface area contributed by atoms with E-state index in [1.165, 1.54) is 7.05 Å². The third-order valence-electron chi connectivity index (χ3n) is 6.95. The first kappa shape index (κ1) is 34.6. The molecule has 0 spiro atoms. The highest BCUT2D eigenvalue weighted by molar-refractivity contribution is 5.97. The molecule has 5 amide bonds. The molecule has 3 unspecified atom stereocenters. The minimum atomic E-state index is -1.60. The molecule has 236 valence electrons. The molecule has 0 bridgehead atoms. The lowest BCUT2D eigenvalue weighted by molar-refractivity contribution is -0.141. The molecule has 3 atom stereocenters. The first-order chi connectivity index (χ1) is 20.4. The fourth-order valence-electron chi connectivity index (χ4n) is 4.53. The number of unbranched alkanes of at least 4 members (excludes halogenated alkanes) is 5. The zero-order valence-corrected chi connectivity index (χ0v) is 24.6. The Bertz CT molecular complexity index is 1280. The number of nitrogens with one attached hydrogen (secondary N) is 3. The minimum absolute atomic E-state index is 0.0201. The normalized spacial score (nSPS) is 13.0. The van der Waals surface area contributed by atoms with E-state index in [-0.39, 0.29) is 13.0 Å². The predicted molar refractivity (Wildman–Crippen MR) is 157 cm³/mol. The van der Waals surface area contributed by atoms with E-state index in [4.69, 9.17) is 21.3 Å². The van der Waals surface area contributed by atoms with E-state index in [2.05, 4.69) is 22.5 Å². The van der Waals surface area contributed by atoms with Crippen LogP contribution in [-0.2, 0) is 35.1 Å². The summed E-state index contributed by atoms with van der Waals surface area (Å²) in [5.41, 5.74) is 12.0. The van der Waals surface area contributed by atoms with Gasteiger partial charge in [-0.3, -0.25) is 28.9 Å². The second-order valence-electron chi connectivity index (χ2n) is 10.4. The summed E-state index contributed by atoms with van der Waals surface area (Å²) in [4.78, 5) is 78.3. The van der Waals surface area contributed by atoms with Crippen molar-refractivity contribution in [3.63, 3.8) is 0 Å². The highest BCUT2D eigenvalue weighted by Crippen LogP contribution is 2.21. The van der Waals surface area contributed by atoms with Crippen LogP contribution < -0.4 is 22.1 Å². The van der Waals surface area contributed by atoms with E-state index in [1.54, 1.807) is 6.20 Å². The van der Waals surface area contributed by atoms with Crippen molar-refractivity contribution in [1.82, 2.24) is 20.5 Å². The van der Waals surface area contributed by atoms with Crippen molar-refractivity contribution in [3.8, 4) is 0 Å². The van der Waals surface area contributed by atoms with Gasteiger partial charge in [-0.05, 0) is 18.1 Å². The van der Waals surface area contributed by atoms with Crippen molar-refractivity contribution in [2.75, 3.05) is 13.7 Å². The van der Waals surface area contributed by atoms with Crippen molar-refractivity contribution in [2.24, 2.45) is 11.5 Å². The van der Waals surface area contributed by atoms with Crippen molar-refractivity contribution < 1.29 is 38.6 Å². The summed E-state index contributed by atoms with van der Waals surface area (Å²) in [6.07, 6.45) is 5.46. The second-order valence-corrected chi connectivity index (χ2v) is 10.4. The lowest BCUT2D eigenvalue weighted by atomic mass is 10.0. The van der Waals surface area contributed by atoms with Gasteiger partial charge in [-0.25, -0.2) is 4.79 Å². The molecule has 8 N–H and O–H groups in total. The smallest absolute Gasteiger partial charge is 0.410 e. The Morgan fingerprint density at radius 1 is 0.930 bits per heavy atom. The number of H-pyrrole nitrogens is 1. The molecule has 14 heteroatoms. The number of fused-ring (bicyclic) bond motifs is 1. The molecule has 1 heterocycles. The van der Waals surface area contributed by atoms with Crippen LogP contribution in [0.4, 0.5) is 4.79 Å². The molecule has 14 nitrogen and oxygen atoms in total. The number of nitrogens with zero attached hydrogens (tertiary/aromatic N) is 1. The number of aromatic amines is 1. The highest BCUT2D eigenvalue weighted by Gasteiger charge is 2.34. The van der Waals surface area contributed by atoms with Gasteiger partial charge in [0.2, 0.25) is 23.6 Å².